The molecule has 0 saturated carbocycles. The fourth-order valence-corrected chi connectivity index (χ4v) is 3.72. The van der Waals surface area contributed by atoms with Crippen LogP contribution in [0.15, 0.2) is 51.6 Å². The summed E-state index contributed by atoms with van der Waals surface area (Å²) in [7, 11) is 2.02. The van der Waals surface area contributed by atoms with Gasteiger partial charge in [0, 0.05) is 5.39 Å². The maximum atomic E-state index is 5.69. The molecule has 0 N–H and O–H groups in total. The van der Waals surface area contributed by atoms with Crippen LogP contribution in [0.4, 0.5) is 0 Å². The molecule has 0 aliphatic carbocycles. The Morgan fingerprint density at radius 3 is 2.80 bits per heavy atom. The zero-order chi connectivity index (χ0) is 17.6. The fourth-order valence-electron chi connectivity index (χ4n) is 3.09. The molecule has 0 unspecified atom stereocenters. The number of rotatable bonds is 4. The summed E-state index contributed by atoms with van der Waals surface area (Å²) in [4.78, 5) is 2.11. The molecule has 25 heavy (non-hydrogen) atoms. The van der Waals surface area contributed by atoms with E-state index in [2.05, 4.69) is 46.0 Å². The SMILES string of the molecule is Cc1cc2nn(CN(C)Cc3ccc(Br)o3)c(=S)n2c2ccccc12. The molecule has 1 aromatic carbocycles. The van der Waals surface area contributed by atoms with Gasteiger partial charge in [0.05, 0.1) is 18.7 Å². The Kier molecular flexibility index (Phi) is 4.23. The van der Waals surface area contributed by atoms with E-state index in [0.29, 0.717) is 18.0 Å². The van der Waals surface area contributed by atoms with Crippen LogP contribution in [0, 0.1) is 11.7 Å². The highest BCUT2D eigenvalue weighted by atomic mass is 79.9. The van der Waals surface area contributed by atoms with E-state index in [1.807, 2.05) is 40.4 Å². The Hall–Kier alpha value is -1.96. The highest BCUT2D eigenvalue weighted by molar-refractivity contribution is 9.10. The molecule has 4 aromatic rings. The van der Waals surface area contributed by atoms with Crippen molar-refractivity contribution >= 4 is 44.7 Å². The van der Waals surface area contributed by atoms with E-state index in [1.54, 1.807) is 0 Å². The third-order valence-electron chi connectivity index (χ3n) is 4.21. The van der Waals surface area contributed by atoms with Crippen molar-refractivity contribution in [3.05, 3.63) is 63.2 Å². The van der Waals surface area contributed by atoms with Gasteiger partial charge in [0.2, 0.25) is 4.77 Å². The molecule has 128 valence electrons. The maximum Gasteiger partial charge on any atom is 0.204 e. The average molecular weight is 417 g/mol. The van der Waals surface area contributed by atoms with Crippen molar-refractivity contribution in [2.45, 2.75) is 20.1 Å². The van der Waals surface area contributed by atoms with Crippen LogP contribution in [0.5, 0.6) is 0 Å². The highest BCUT2D eigenvalue weighted by Gasteiger charge is 2.12. The third kappa shape index (κ3) is 3.03. The van der Waals surface area contributed by atoms with E-state index in [4.69, 9.17) is 21.7 Å². The first-order valence-corrected chi connectivity index (χ1v) is 9.14. The summed E-state index contributed by atoms with van der Waals surface area (Å²) in [5, 5.41) is 5.90. The number of pyridine rings is 1. The highest BCUT2D eigenvalue weighted by Crippen LogP contribution is 2.21. The lowest BCUT2D eigenvalue weighted by molar-refractivity contribution is 0.225. The summed E-state index contributed by atoms with van der Waals surface area (Å²) >= 11 is 9.02. The quantitative estimate of drug-likeness (QED) is 0.449. The summed E-state index contributed by atoms with van der Waals surface area (Å²) in [6.07, 6.45) is 0. The molecule has 7 heteroatoms. The molecule has 0 aliphatic heterocycles. The summed E-state index contributed by atoms with van der Waals surface area (Å²) < 4.78 is 10.9. The van der Waals surface area contributed by atoms with Gasteiger partial charge in [-0.05, 0) is 71.9 Å². The fraction of sp³-hybridized carbons (Fsp3) is 0.222. The van der Waals surface area contributed by atoms with Crippen LogP contribution < -0.4 is 0 Å². The van der Waals surface area contributed by atoms with E-state index in [1.165, 1.54) is 10.9 Å². The molecule has 5 nitrogen and oxygen atoms in total. The van der Waals surface area contributed by atoms with Crippen molar-refractivity contribution in [2.24, 2.45) is 0 Å². The number of nitrogens with zero attached hydrogens (tertiary/aromatic N) is 4. The van der Waals surface area contributed by atoms with Crippen molar-refractivity contribution in [1.82, 2.24) is 19.1 Å². The smallest absolute Gasteiger partial charge is 0.204 e. The largest absolute Gasteiger partial charge is 0.453 e. The van der Waals surface area contributed by atoms with Crippen molar-refractivity contribution in [1.29, 1.82) is 0 Å². The first-order chi connectivity index (χ1) is 12.0. The van der Waals surface area contributed by atoms with Crippen LogP contribution in [0.25, 0.3) is 16.6 Å². The molecular weight excluding hydrogens is 400 g/mol. The lowest BCUT2D eigenvalue weighted by Crippen LogP contribution is -2.22. The summed E-state index contributed by atoms with van der Waals surface area (Å²) in [6, 6.07) is 14.2. The Morgan fingerprint density at radius 1 is 1.24 bits per heavy atom. The Morgan fingerprint density at radius 2 is 2.04 bits per heavy atom. The van der Waals surface area contributed by atoms with Gasteiger partial charge in [-0.2, -0.15) is 5.10 Å². The predicted molar refractivity (Wildman–Crippen MR) is 104 cm³/mol. The average Bonchev–Trinajstić information content (AvgIpc) is 3.11. The van der Waals surface area contributed by atoms with Crippen LogP contribution in [0.1, 0.15) is 11.3 Å². The van der Waals surface area contributed by atoms with Crippen LogP contribution in [0.2, 0.25) is 0 Å². The van der Waals surface area contributed by atoms with Gasteiger partial charge in [0.25, 0.3) is 0 Å². The van der Waals surface area contributed by atoms with E-state index in [9.17, 15) is 0 Å². The second kappa shape index (κ2) is 6.40. The second-order valence-corrected chi connectivity index (χ2v) is 7.33. The standard InChI is InChI=1S/C18H17BrN4OS/c1-12-9-17-20-22(11-21(2)10-13-7-8-16(19)24-13)18(25)23(17)15-6-4-3-5-14(12)15/h3-9H,10-11H2,1-2H3. The molecule has 0 saturated heterocycles. The Labute approximate surface area is 158 Å². The minimum Gasteiger partial charge on any atom is -0.453 e. The van der Waals surface area contributed by atoms with Gasteiger partial charge in [0.15, 0.2) is 10.3 Å². The van der Waals surface area contributed by atoms with E-state index < -0.39 is 0 Å². The van der Waals surface area contributed by atoms with Crippen LogP contribution in [-0.4, -0.2) is 26.1 Å². The normalized spacial score (nSPS) is 11.8. The molecule has 4 rings (SSSR count). The Balaban J connectivity index is 1.72. The molecule has 0 aliphatic rings. The molecule has 3 aromatic heterocycles. The van der Waals surface area contributed by atoms with Crippen LogP contribution in [0.3, 0.4) is 0 Å². The third-order valence-corrected chi connectivity index (χ3v) is 5.03. The number of aryl methyl sites for hydroxylation is 1. The zero-order valence-corrected chi connectivity index (χ0v) is 16.3. The molecule has 0 amide bonds. The monoisotopic (exact) mass is 416 g/mol. The first kappa shape index (κ1) is 16.5. The minimum absolute atomic E-state index is 0.589. The topological polar surface area (TPSA) is 38.6 Å². The number of hydrogen-bond donors (Lipinski definition) is 0. The van der Waals surface area contributed by atoms with Crippen molar-refractivity contribution in [3.8, 4) is 0 Å². The Bertz CT molecular complexity index is 1130. The van der Waals surface area contributed by atoms with Gasteiger partial charge in [-0.1, -0.05) is 18.2 Å². The minimum atomic E-state index is 0.589. The zero-order valence-electron chi connectivity index (χ0n) is 13.9. The van der Waals surface area contributed by atoms with Crippen molar-refractivity contribution in [3.63, 3.8) is 0 Å². The van der Waals surface area contributed by atoms with Gasteiger partial charge < -0.3 is 4.42 Å². The van der Waals surface area contributed by atoms with E-state index in [0.717, 1.165) is 21.6 Å². The number of fused-ring (bicyclic) bond motifs is 3. The maximum absolute atomic E-state index is 5.69. The van der Waals surface area contributed by atoms with Gasteiger partial charge in [-0.15, -0.1) is 0 Å². The van der Waals surface area contributed by atoms with Crippen LogP contribution >= 0.6 is 28.1 Å². The molecule has 0 fully saturated rings. The number of furan rings is 1. The molecular formula is C18H17BrN4OS. The molecule has 0 bridgehead atoms. The van der Waals surface area contributed by atoms with Crippen molar-refractivity contribution < 1.29 is 4.42 Å². The lowest BCUT2D eigenvalue weighted by atomic mass is 10.1. The number of halogens is 1. The van der Waals surface area contributed by atoms with Crippen LogP contribution in [-0.2, 0) is 13.2 Å². The molecule has 0 radical (unpaired) electrons. The molecule has 3 heterocycles. The van der Waals surface area contributed by atoms with Crippen molar-refractivity contribution in [2.75, 3.05) is 7.05 Å². The van der Waals surface area contributed by atoms with Gasteiger partial charge in [-0.25, -0.2) is 4.68 Å². The predicted octanol–water partition coefficient (Wildman–Crippen LogP) is 4.77. The van der Waals surface area contributed by atoms with E-state index >= 15 is 0 Å². The second-order valence-electron chi connectivity index (χ2n) is 6.18. The summed E-state index contributed by atoms with van der Waals surface area (Å²) in [5.74, 6) is 0.894. The summed E-state index contributed by atoms with van der Waals surface area (Å²) in [6.45, 7) is 3.37. The van der Waals surface area contributed by atoms with Gasteiger partial charge in [-0.3, -0.25) is 9.30 Å². The number of para-hydroxylation sites is 1. The van der Waals surface area contributed by atoms with Gasteiger partial charge in [0.1, 0.15) is 5.76 Å². The number of benzene rings is 1. The number of hydrogen-bond acceptors (Lipinski definition) is 4. The molecule has 0 atom stereocenters. The lowest BCUT2D eigenvalue weighted by Gasteiger charge is -2.14. The first-order valence-electron chi connectivity index (χ1n) is 7.93. The molecule has 0 spiro atoms. The van der Waals surface area contributed by atoms with E-state index in [-0.39, 0.29) is 0 Å². The van der Waals surface area contributed by atoms with Gasteiger partial charge >= 0.3 is 0 Å². The summed E-state index contributed by atoms with van der Waals surface area (Å²) in [5.41, 5.74) is 3.16. The number of aromatic nitrogens is 3.